The van der Waals surface area contributed by atoms with Gasteiger partial charge in [0.1, 0.15) is 22.6 Å². The Morgan fingerprint density at radius 3 is 2.15 bits per heavy atom. The highest BCUT2D eigenvalue weighted by Gasteiger charge is 2.27. The molecule has 144 valence electrons. The second-order valence-corrected chi connectivity index (χ2v) is 5.72. The second-order valence-electron chi connectivity index (χ2n) is 5.34. The molecule has 0 spiro atoms. The van der Waals surface area contributed by atoms with Gasteiger partial charge >= 0.3 is 11.9 Å². The number of ether oxygens (including phenoxy) is 4. The molecular formula is C18H17ClO8. The van der Waals surface area contributed by atoms with Gasteiger partial charge in [-0.3, -0.25) is 0 Å². The zero-order chi connectivity index (χ0) is 20.3. The van der Waals surface area contributed by atoms with Gasteiger partial charge in [0.25, 0.3) is 0 Å². The number of hydrogen-bond donors (Lipinski definition) is 2. The average molecular weight is 397 g/mol. The highest BCUT2D eigenvalue weighted by molar-refractivity contribution is 6.33. The van der Waals surface area contributed by atoms with Crippen LogP contribution in [0.3, 0.4) is 0 Å². The number of phenols is 2. The zero-order valence-corrected chi connectivity index (χ0v) is 15.7. The highest BCUT2D eigenvalue weighted by atomic mass is 35.5. The van der Waals surface area contributed by atoms with E-state index in [1.165, 1.54) is 19.2 Å². The summed E-state index contributed by atoms with van der Waals surface area (Å²) in [6.07, 6.45) is 0. The summed E-state index contributed by atoms with van der Waals surface area (Å²) in [5.74, 6) is -2.85. The van der Waals surface area contributed by atoms with Crippen LogP contribution in [0.2, 0.25) is 5.02 Å². The summed E-state index contributed by atoms with van der Waals surface area (Å²) < 4.78 is 20.2. The number of rotatable bonds is 5. The average Bonchev–Trinajstić information content (AvgIpc) is 2.65. The minimum absolute atomic E-state index is 0.0131. The van der Waals surface area contributed by atoms with E-state index in [-0.39, 0.29) is 39.1 Å². The molecule has 2 rings (SSSR count). The van der Waals surface area contributed by atoms with Gasteiger partial charge in [-0.15, -0.1) is 0 Å². The van der Waals surface area contributed by atoms with E-state index in [2.05, 4.69) is 9.47 Å². The lowest BCUT2D eigenvalue weighted by atomic mass is 10.1. The van der Waals surface area contributed by atoms with E-state index in [1.807, 2.05) is 0 Å². The molecule has 0 saturated heterocycles. The van der Waals surface area contributed by atoms with E-state index in [1.54, 1.807) is 6.92 Å². The molecule has 0 aliphatic heterocycles. The SMILES string of the molecule is COC(=O)c1cc(O)cc(OC)c1Oc1c(Cl)c(C)cc(O)c1C(=O)OC. The van der Waals surface area contributed by atoms with Crippen LogP contribution in [0.15, 0.2) is 18.2 Å². The summed E-state index contributed by atoms with van der Waals surface area (Å²) in [6.45, 7) is 1.59. The largest absolute Gasteiger partial charge is 0.508 e. The van der Waals surface area contributed by atoms with Crippen LogP contribution in [0.25, 0.3) is 0 Å². The second kappa shape index (κ2) is 8.05. The van der Waals surface area contributed by atoms with Crippen LogP contribution in [0.1, 0.15) is 26.3 Å². The third kappa shape index (κ3) is 3.85. The van der Waals surface area contributed by atoms with Crippen LogP contribution in [-0.2, 0) is 9.47 Å². The van der Waals surface area contributed by atoms with Crippen LogP contribution >= 0.6 is 11.6 Å². The molecule has 2 N–H and O–H groups in total. The smallest absolute Gasteiger partial charge is 0.345 e. The molecule has 0 bridgehead atoms. The molecule has 0 aliphatic rings. The first-order valence-corrected chi connectivity index (χ1v) is 7.90. The molecule has 0 aliphatic carbocycles. The third-order valence-electron chi connectivity index (χ3n) is 3.64. The lowest BCUT2D eigenvalue weighted by molar-refractivity contribution is 0.0591. The molecule has 2 aromatic rings. The van der Waals surface area contributed by atoms with E-state index in [4.69, 9.17) is 21.1 Å². The van der Waals surface area contributed by atoms with E-state index in [0.29, 0.717) is 5.56 Å². The van der Waals surface area contributed by atoms with Crippen molar-refractivity contribution in [2.45, 2.75) is 6.92 Å². The number of hydrogen-bond acceptors (Lipinski definition) is 8. The van der Waals surface area contributed by atoms with Gasteiger partial charge in [0, 0.05) is 6.07 Å². The van der Waals surface area contributed by atoms with E-state index in [0.717, 1.165) is 20.3 Å². The van der Waals surface area contributed by atoms with E-state index >= 15 is 0 Å². The summed E-state index contributed by atoms with van der Waals surface area (Å²) in [6, 6.07) is 3.57. The predicted molar refractivity (Wildman–Crippen MR) is 95.3 cm³/mol. The van der Waals surface area contributed by atoms with Gasteiger partial charge in [-0.05, 0) is 24.6 Å². The highest BCUT2D eigenvalue weighted by Crippen LogP contribution is 2.45. The fourth-order valence-electron chi connectivity index (χ4n) is 2.35. The molecule has 0 saturated carbocycles. The van der Waals surface area contributed by atoms with Crippen LogP contribution in [0.4, 0.5) is 0 Å². The predicted octanol–water partition coefficient (Wildman–Crippen LogP) is 3.43. The van der Waals surface area contributed by atoms with Gasteiger partial charge in [0.15, 0.2) is 17.2 Å². The summed E-state index contributed by atoms with van der Waals surface area (Å²) >= 11 is 6.26. The summed E-state index contributed by atoms with van der Waals surface area (Å²) in [7, 11) is 3.56. The first kappa shape index (κ1) is 20.2. The molecule has 0 amide bonds. The Morgan fingerprint density at radius 1 is 0.963 bits per heavy atom. The number of benzene rings is 2. The monoisotopic (exact) mass is 396 g/mol. The van der Waals surface area contributed by atoms with Crippen molar-refractivity contribution in [3.63, 3.8) is 0 Å². The van der Waals surface area contributed by atoms with Crippen molar-refractivity contribution >= 4 is 23.5 Å². The number of methoxy groups -OCH3 is 3. The number of carbonyl (C=O) groups is 2. The lowest BCUT2D eigenvalue weighted by Gasteiger charge is -2.18. The van der Waals surface area contributed by atoms with Crippen LogP contribution in [0.5, 0.6) is 28.7 Å². The van der Waals surface area contributed by atoms with E-state index < -0.39 is 17.7 Å². The number of aryl methyl sites for hydroxylation is 1. The number of phenolic OH excluding ortho intramolecular Hbond substituents is 2. The quantitative estimate of drug-likeness (QED) is 0.739. The standard InChI is InChI=1S/C18H17ClO8/c1-8-5-11(21)13(18(23)26-4)16(14(8)19)27-15-10(17(22)25-3)6-9(20)7-12(15)24-2/h5-7,20-21H,1-4H3. The molecule has 9 heteroatoms. The van der Waals surface area contributed by atoms with Gasteiger partial charge < -0.3 is 29.2 Å². The number of aromatic hydroxyl groups is 2. The minimum atomic E-state index is -0.901. The molecule has 0 unspecified atom stereocenters. The Kier molecular flexibility index (Phi) is 6.02. The molecule has 0 heterocycles. The summed E-state index contributed by atoms with van der Waals surface area (Å²) in [5, 5.41) is 20.0. The van der Waals surface area contributed by atoms with Crippen molar-refractivity contribution in [1.82, 2.24) is 0 Å². The number of halogens is 1. The Morgan fingerprint density at radius 2 is 1.59 bits per heavy atom. The fraction of sp³-hybridized carbons (Fsp3) is 0.222. The maximum Gasteiger partial charge on any atom is 0.345 e. The molecule has 0 aromatic heterocycles. The van der Waals surface area contributed by atoms with Gasteiger partial charge in [0.05, 0.1) is 26.4 Å². The molecule has 0 fully saturated rings. The number of esters is 2. The topological polar surface area (TPSA) is 112 Å². The first-order chi connectivity index (χ1) is 12.7. The van der Waals surface area contributed by atoms with Crippen LogP contribution in [0, 0.1) is 6.92 Å². The zero-order valence-electron chi connectivity index (χ0n) is 15.0. The maximum absolute atomic E-state index is 12.1. The third-order valence-corrected chi connectivity index (χ3v) is 4.11. The first-order valence-electron chi connectivity index (χ1n) is 7.52. The van der Waals surface area contributed by atoms with Crippen molar-refractivity contribution in [1.29, 1.82) is 0 Å². The molecule has 0 radical (unpaired) electrons. The van der Waals surface area contributed by atoms with Gasteiger partial charge in [0.2, 0.25) is 0 Å². The van der Waals surface area contributed by atoms with Crippen molar-refractivity contribution in [3.05, 3.63) is 39.9 Å². The van der Waals surface area contributed by atoms with Gasteiger partial charge in [-0.2, -0.15) is 0 Å². The fourth-order valence-corrected chi connectivity index (χ4v) is 2.54. The van der Waals surface area contributed by atoms with Gasteiger partial charge in [-0.25, -0.2) is 9.59 Å². The molecule has 0 atom stereocenters. The molecule has 2 aromatic carbocycles. The van der Waals surface area contributed by atoms with Crippen molar-refractivity contribution in [2.24, 2.45) is 0 Å². The Hall–Kier alpha value is -3.13. The molecular weight excluding hydrogens is 380 g/mol. The van der Waals surface area contributed by atoms with Crippen molar-refractivity contribution in [2.75, 3.05) is 21.3 Å². The van der Waals surface area contributed by atoms with Crippen molar-refractivity contribution < 1.29 is 38.7 Å². The van der Waals surface area contributed by atoms with Crippen molar-refractivity contribution in [3.8, 4) is 28.7 Å². The van der Waals surface area contributed by atoms with Crippen LogP contribution < -0.4 is 9.47 Å². The summed E-state index contributed by atoms with van der Waals surface area (Å²) in [5.41, 5.74) is -0.101. The Bertz CT molecular complexity index is 907. The van der Waals surface area contributed by atoms with E-state index in [9.17, 15) is 19.8 Å². The normalized spacial score (nSPS) is 10.3. The van der Waals surface area contributed by atoms with Crippen LogP contribution in [-0.4, -0.2) is 43.5 Å². The summed E-state index contributed by atoms with van der Waals surface area (Å²) in [4.78, 5) is 24.2. The Labute approximate surface area is 159 Å². The number of carbonyl (C=O) groups excluding carboxylic acids is 2. The molecule has 8 nitrogen and oxygen atoms in total. The Balaban J connectivity index is 2.77. The minimum Gasteiger partial charge on any atom is -0.508 e. The van der Waals surface area contributed by atoms with Gasteiger partial charge in [-0.1, -0.05) is 11.6 Å². The molecule has 27 heavy (non-hydrogen) atoms. The lowest BCUT2D eigenvalue weighted by Crippen LogP contribution is -2.09. The maximum atomic E-state index is 12.1.